The molecule has 1 fully saturated rings. The molecule has 1 aromatic rings. The summed E-state index contributed by atoms with van der Waals surface area (Å²) in [6.07, 6.45) is 1.37. The Balaban J connectivity index is 1.73. The fourth-order valence-electron chi connectivity index (χ4n) is 1.98. The van der Waals surface area contributed by atoms with E-state index in [4.69, 9.17) is 4.74 Å². The molecule has 100 valence electrons. The van der Waals surface area contributed by atoms with E-state index in [1.54, 1.807) is 4.57 Å². The van der Waals surface area contributed by atoms with E-state index in [2.05, 4.69) is 5.32 Å². The third kappa shape index (κ3) is 3.43. The summed E-state index contributed by atoms with van der Waals surface area (Å²) in [4.78, 5) is 23.1. The summed E-state index contributed by atoms with van der Waals surface area (Å²) in [6, 6.07) is 0. The molecular formula is C12H18N2O3S. The van der Waals surface area contributed by atoms with Crippen molar-refractivity contribution in [1.82, 2.24) is 9.88 Å². The molecule has 0 aliphatic carbocycles. The van der Waals surface area contributed by atoms with Gasteiger partial charge in [0.15, 0.2) is 0 Å². The second-order valence-electron chi connectivity index (χ2n) is 4.58. The molecule has 2 rings (SSSR count). The van der Waals surface area contributed by atoms with Crippen LogP contribution in [0.25, 0.3) is 0 Å². The zero-order valence-corrected chi connectivity index (χ0v) is 11.3. The second kappa shape index (κ2) is 6.15. The fourth-order valence-corrected chi connectivity index (χ4v) is 2.74. The average Bonchev–Trinajstić information content (AvgIpc) is 2.96. The molecule has 18 heavy (non-hydrogen) atoms. The van der Waals surface area contributed by atoms with Gasteiger partial charge < -0.3 is 14.6 Å². The molecule has 0 radical (unpaired) electrons. The van der Waals surface area contributed by atoms with Gasteiger partial charge in [-0.05, 0) is 13.3 Å². The summed E-state index contributed by atoms with van der Waals surface area (Å²) in [5, 5.41) is 4.71. The van der Waals surface area contributed by atoms with Crippen molar-refractivity contribution in [3.8, 4) is 0 Å². The predicted molar refractivity (Wildman–Crippen MR) is 69.9 cm³/mol. The summed E-state index contributed by atoms with van der Waals surface area (Å²) < 4.78 is 6.89. The van der Waals surface area contributed by atoms with E-state index >= 15 is 0 Å². The number of carbonyl (C=O) groups excluding carboxylic acids is 1. The van der Waals surface area contributed by atoms with E-state index in [1.165, 1.54) is 11.3 Å². The Bertz CT molecular complexity index is 460. The number of aryl methyl sites for hydroxylation is 1. The van der Waals surface area contributed by atoms with Crippen LogP contribution in [-0.4, -0.2) is 30.2 Å². The number of ether oxygens (including phenoxy) is 1. The molecule has 1 atom stereocenters. The summed E-state index contributed by atoms with van der Waals surface area (Å²) in [6.45, 7) is 4.55. The number of rotatable bonds is 5. The van der Waals surface area contributed by atoms with Gasteiger partial charge in [-0.15, -0.1) is 0 Å². The van der Waals surface area contributed by atoms with Crippen LogP contribution in [0.15, 0.2) is 10.2 Å². The molecule has 0 bridgehead atoms. The average molecular weight is 270 g/mol. The van der Waals surface area contributed by atoms with E-state index in [0.29, 0.717) is 25.4 Å². The molecule has 2 heterocycles. The Morgan fingerprint density at radius 3 is 3.11 bits per heavy atom. The van der Waals surface area contributed by atoms with Crippen LogP contribution in [0.1, 0.15) is 18.5 Å². The molecule has 1 aliphatic rings. The van der Waals surface area contributed by atoms with Crippen molar-refractivity contribution in [2.24, 2.45) is 5.92 Å². The van der Waals surface area contributed by atoms with Gasteiger partial charge in [0, 0.05) is 43.1 Å². The topological polar surface area (TPSA) is 60.3 Å². The van der Waals surface area contributed by atoms with Crippen molar-refractivity contribution in [2.75, 3.05) is 19.8 Å². The lowest BCUT2D eigenvalue weighted by Crippen LogP contribution is -2.30. The molecular weight excluding hydrogens is 252 g/mol. The van der Waals surface area contributed by atoms with Gasteiger partial charge in [-0.2, -0.15) is 0 Å². The van der Waals surface area contributed by atoms with Crippen LogP contribution in [0.2, 0.25) is 0 Å². The molecule has 1 aromatic heterocycles. The first-order valence-corrected chi connectivity index (χ1v) is 7.04. The minimum Gasteiger partial charge on any atom is -0.381 e. The molecule has 1 N–H and O–H groups in total. The van der Waals surface area contributed by atoms with Crippen LogP contribution in [0, 0.1) is 12.8 Å². The number of hydrogen-bond acceptors (Lipinski definition) is 4. The standard InChI is InChI=1S/C12H18N2O3S/c1-9-8-18-12(16)14(9)4-2-11(15)13-6-10-3-5-17-7-10/h8,10H,2-7H2,1H3,(H,13,15). The largest absolute Gasteiger partial charge is 0.381 e. The lowest BCUT2D eigenvalue weighted by atomic mass is 10.1. The van der Waals surface area contributed by atoms with Crippen LogP contribution in [-0.2, 0) is 16.1 Å². The maximum Gasteiger partial charge on any atom is 0.307 e. The van der Waals surface area contributed by atoms with Crippen molar-refractivity contribution in [3.63, 3.8) is 0 Å². The van der Waals surface area contributed by atoms with Crippen LogP contribution in [0.5, 0.6) is 0 Å². The maximum atomic E-state index is 11.7. The van der Waals surface area contributed by atoms with Crippen molar-refractivity contribution < 1.29 is 9.53 Å². The number of nitrogens with one attached hydrogen (secondary N) is 1. The normalized spacial score (nSPS) is 19.1. The van der Waals surface area contributed by atoms with Gasteiger partial charge in [0.1, 0.15) is 0 Å². The van der Waals surface area contributed by atoms with Crippen LogP contribution in [0.4, 0.5) is 0 Å². The molecule has 0 saturated carbocycles. The van der Waals surface area contributed by atoms with Gasteiger partial charge in [-0.3, -0.25) is 9.59 Å². The van der Waals surface area contributed by atoms with Gasteiger partial charge in [0.05, 0.1) is 6.61 Å². The number of nitrogens with zero attached hydrogens (tertiary/aromatic N) is 1. The number of hydrogen-bond donors (Lipinski definition) is 1. The van der Waals surface area contributed by atoms with Crippen LogP contribution < -0.4 is 10.2 Å². The lowest BCUT2D eigenvalue weighted by Gasteiger charge is -2.09. The Hall–Kier alpha value is -1.14. The number of carbonyl (C=O) groups is 1. The minimum absolute atomic E-state index is 0.000556. The summed E-state index contributed by atoms with van der Waals surface area (Å²) in [7, 11) is 0. The van der Waals surface area contributed by atoms with Crippen LogP contribution >= 0.6 is 11.3 Å². The van der Waals surface area contributed by atoms with Crippen molar-refractivity contribution in [1.29, 1.82) is 0 Å². The molecule has 1 saturated heterocycles. The monoisotopic (exact) mass is 270 g/mol. The molecule has 5 nitrogen and oxygen atoms in total. The van der Waals surface area contributed by atoms with E-state index in [1.807, 2.05) is 12.3 Å². The van der Waals surface area contributed by atoms with E-state index in [-0.39, 0.29) is 10.8 Å². The molecule has 6 heteroatoms. The molecule has 0 aromatic carbocycles. The van der Waals surface area contributed by atoms with Gasteiger partial charge in [0.2, 0.25) is 5.91 Å². The highest BCUT2D eigenvalue weighted by Crippen LogP contribution is 2.10. The number of aromatic nitrogens is 1. The molecule has 1 unspecified atom stereocenters. The number of thiazole rings is 1. The van der Waals surface area contributed by atoms with Gasteiger partial charge in [-0.1, -0.05) is 11.3 Å². The van der Waals surface area contributed by atoms with Crippen molar-refractivity contribution in [2.45, 2.75) is 26.3 Å². The Kier molecular flexibility index (Phi) is 4.54. The third-order valence-electron chi connectivity index (χ3n) is 3.15. The first kappa shape index (κ1) is 13.3. The second-order valence-corrected chi connectivity index (χ2v) is 5.40. The minimum atomic E-state index is -0.000556. The summed E-state index contributed by atoms with van der Waals surface area (Å²) in [5.41, 5.74) is 0.919. The Morgan fingerprint density at radius 2 is 2.50 bits per heavy atom. The maximum absolute atomic E-state index is 11.7. The highest BCUT2D eigenvalue weighted by atomic mass is 32.1. The molecule has 0 spiro atoms. The Labute approximate surface area is 110 Å². The summed E-state index contributed by atoms with van der Waals surface area (Å²) >= 11 is 1.18. The fraction of sp³-hybridized carbons (Fsp3) is 0.667. The molecule has 1 amide bonds. The predicted octanol–water partition coefficient (Wildman–Crippen LogP) is 0.761. The first-order valence-electron chi connectivity index (χ1n) is 6.16. The third-order valence-corrected chi connectivity index (χ3v) is 4.03. The van der Waals surface area contributed by atoms with Crippen LogP contribution in [0.3, 0.4) is 0 Å². The van der Waals surface area contributed by atoms with Gasteiger partial charge in [0.25, 0.3) is 0 Å². The number of amides is 1. The smallest absolute Gasteiger partial charge is 0.307 e. The van der Waals surface area contributed by atoms with Crippen molar-refractivity contribution >= 4 is 17.2 Å². The van der Waals surface area contributed by atoms with E-state index in [9.17, 15) is 9.59 Å². The summed E-state index contributed by atoms with van der Waals surface area (Å²) in [5.74, 6) is 0.443. The molecule has 1 aliphatic heterocycles. The highest BCUT2D eigenvalue weighted by molar-refractivity contribution is 7.07. The zero-order chi connectivity index (χ0) is 13.0. The van der Waals surface area contributed by atoms with Gasteiger partial charge >= 0.3 is 4.87 Å². The SMILES string of the molecule is Cc1csc(=O)n1CCC(=O)NCC1CCOC1. The lowest BCUT2D eigenvalue weighted by molar-refractivity contribution is -0.121. The van der Waals surface area contributed by atoms with Gasteiger partial charge in [-0.25, -0.2) is 0 Å². The Morgan fingerprint density at radius 1 is 1.67 bits per heavy atom. The zero-order valence-electron chi connectivity index (χ0n) is 10.5. The first-order chi connectivity index (χ1) is 8.66. The van der Waals surface area contributed by atoms with Crippen molar-refractivity contribution in [3.05, 3.63) is 20.7 Å². The van der Waals surface area contributed by atoms with E-state index < -0.39 is 0 Å². The quantitative estimate of drug-likeness (QED) is 0.859. The van der Waals surface area contributed by atoms with E-state index in [0.717, 1.165) is 25.3 Å². The highest BCUT2D eigenvalue weighted by Gasteiger charge is 2.16.